The largest absolute Gasteiger partial charge is 0.464 e. The van der Waals surface area contributed by atoms with Crippen molar-refractivity contribution in [1.82, 2.24) is 4.90 Å². The summed E-state index contributed by atoms with van der Waals surface area (Å²) in [5.74, 6) is -1.34. The Morgan fingerprint density at radius 1 is 1.08 bits per heavy atom. The van der Waals surface area contributed by atoms with Crippen LogP contribution in [0.15, 0.2) is 0 Å². The van der Waals surface area contributed by atoms with Gasteiger partial charge in [-0.15, -0.1) is 0 Å². The SMILES string of the molecule is CCOC(=O)C1CCC(OCC)(OCC)CN1C(=O)OC(C)(C)C. The third kappa shape index (κ3) is 5.63. The zero-order chi connectivity index (χ0) is 18.4. The normalized spacial score (nSPS) is 20.6. The molecule has 0 aromatic rings. The fourth-order valence-corrected chi connectivity index (χ4v) is 2.76. The van der Waals surface area contributed by atoms with E-state index < -0.39 is 29.5 Å². The number of esters is 1. The van der Waals surface area contributed by atoms with Crippen molar-refractivity contribution in [2.24, 2.45) is 0 Å². The third-order valence-corrected chi connectivity index (χ3v) is 3.59. The lowest BCUT2D eigenvalue weighted by molar-refractivity contribution is -0.258. The molecule has 1 atom stereocenters. The molecule has 1 saturated heterocycles. The molecule has 0 aromatic carbocycles. The summed E-state index contributed by atoms with van der Waals surface area (Å²) < 4.78 is 22.1. The Balaban J connectivity index is 3.03. The highest BCUT2D eigenvalue weighted by atomic mass is 16.7. The van der Waals surface area contributed by atoms with Crippen LogP contribution in [0, 0.1) is 0 Å². The second-order valence-electron chi connectivity index (χ2n) is 6.69. The van der Waals surface area contributed by atoms with Gasteiger partial charge >= 0.3 is 12.1 Å². The minimum absolute atomic E-state index is 0.132. The van der Waals surface area contributed by atoms with Gasteiger partial charge in [0.15, 0.2) is 5.79 Å². The molecule has 0 bridgehead atoms. The van der Waals surface area contributed by atoms with Crippen LogP contribution in [-0.4, -0.2) is 60.8 Å². The first-order valence-corrected chi connectivity index (χ1v) is 8.62. The second-order valence-corrected chi connectivity index (χ2v) is 6.69. The number of carbonyl (C=O) groups excluding carboxylic acids is 2. The number of hydrogen-bond acceptors (Lipinski definition) is 6. The van der Waals surface area contributed by atoms with Crippen LogP contribution in [0.4, 0.5) is 4.79 Å². The van der Waals surface area contributed by atoms with Gasteiger partial charge in [-0.2, -0.15) is 0 Å². The molecule has 0 spiro atoms. The van der Waals surface area contributed by atoms with E-state index in [1.54, 1.807) is 27.7 Å². The topological polar surface area (TPSA) is 74.3 Å². The average molecular weight is 345 g/mol. The maximum atomic E-state index is 12.6. The summed E-state index contributed by atoms with van der Waals surface area (Å²) in [7, 11) is 0. The van der Waals surface area contributed by atoms with Gasteiger partial charge < -0.3 is 18.9 Å². The number of hydrogen-bond donors (Lipinski definition) is 0. The number of amides is 1. The molecule has 1 amide bonds. The van der Waals surface area contributed by atoms with E-state index in [2.05, 4.69) is 0 Å². The van der Waals surface area contributed by atoms with E-state index >= 15 is 0 Å². The lowest BCUT2D eigenvalue weighted by Crippen LogP contribution is -2.60. The molecule has 1 unspecified atom stereocenters. The number of carbonyl (C=O) groups is 2. The van der Waals surface area contributed by atoms with E-state index in [-0.39, 0.29) is 13.2 Å². The minimum Gasteiger partial charge on any atom is -0.464 e. The zero-order valence-electron chi connectivity index (χ0n) is 15.7. The molecule has 140 valence electrons. The van der Waals surface area contributed by atoms with E-state index in [0.717, 1.165) is 0 Å². The van der Waals surface area contributed by atoms with Gasteiger partial charge in [0, 0.05) is 19.6 Å². The summed E-state index contributed by atoms with van der Waals surface area (Å²) in [4.78, 5) is 26.2. The molecule has 1 rings (SSSR count). The Morgan fingerprint density at radius 3 is 2.12 bits per heavy atom. The van der Waals surface area contributed by atoms with Crippen molar-refractivity contribution >= 4 is 12.1 Å². The monoisotopic (exact) mass is 345 g/mol. The maximum absolute atomic E-state index is 12.6. The Bertz CT molecular complexity index is 425. The van der Waals surface area contributed by atoms with Crippen molar-refractivity contribution in [3.05, 3.63) is 0 Å². The Morgan fingerprint density at radius 2 is 1.67 bits per heavy atom. The van der Waals surface area contributed by atoms with Crippen LogP contribution in [0.25, 0.3) is 0 Å². The van der Waals surface area contributed by atoms with E-state index in [4.69, 9.17) is 18.9 Å². The van der Waals surface area contributed by atoms with Crippen LogP contribution in [0.2, 0.25) is 0 Å². The highest BCUT2D eigenvalue weighted by Gasteiger charge is 2.47. The third-order valence-electron chi connectivity index (χ3n) is 3.59. The quantitative estimate of drug-likeness (QED) is 0.544. The molecule has 0 radical (unpaired) electrons. The van der Waals surface area contributed by atoms with Crippen molar-refractivity contribution in [3.8, 4) is 0 Å². The summed E-state index contributed by atoms with van der Waals surface area (Å²) >= 11 is 0. The fourth-order valence-electron chi connectivity index (χ4n) is 2.76. The Labute approximate surface area is 144 Å². The summed E-state index contributed by atoms with van der Waals surface area (Å²) in [5.41, 5.74) is -0.659. The number of ether oxygens (including phenoxy) is 4. The van der Waals surface area contributed by atoms with Crippen LogP contribution in [-0.2, 0) is 23.7 Å². The van der Waals surface area contributed by atoms with Gasteiger partial charge in [0.25, 0.3) is 0 Å². The highest BCUT2D eigenvalue weighted by Crippen LogP contribution is 2.32. The summed E-state index contributed by atoms with van der Waals surface area (Å²) in [6.45, 7) is 12.1. The highest BCUT2D eigenvalue weighted by molar-refractivity contribution is 5.82. The van der Waals surface area contributed by atoms with E-state index in [1.807, 2.05) is 13.8 Å². The second kappa shape index (κ2) is 8.67. The molecule has 24 heavy (non-hydrogen) atoms. The van der Waals surface area contributed by atoms with Crippen molar-refractivity contribution in [1.29, 1.82) is 0 Å². The first-order chi connectivity index (χ1) is 11.2. The van der Waals surface area contributed by atoms with Crippen molar-refractivity contribution in [2.75, 3.05) is 26.4 Å². The molecule has 7 nitrogen and oxygen atoms in total. The number of rotatable bonds is 6. The van der Waals surface area contributed by atoms with Gasteiger partial charge in [0.1, 0.15) is 11.6 Å². The van der Waals surface area contributed by atoms with Gasteiger partial charge in [-0.1, -0.05) is 0 Å². The zero-order valence-corrected chi connectivity index (χ0v) is 15.7. The van der Waals surface area contributed by atoms with E-state index in [9.17, 15) is 9.59 Å². The predicted octanol–water partition coefficient (Wildman–Crippen LogP) is 2.72. The van der Waals surface area contributed by atoms with Crippen LogP contribution >= 0.6 is 0 Å². The smallest absolute Gasteiger partial charge is 0.411 e. The van der Waals surface area contributed by atoms with Crippen molar-refractivity contribution in [3.63, 3.8) is 0 Å². The number of piperidine rings is 1. The molecule has 1 aliphatic rings. The number of likely N-dealkylation sites (tertiary alicyclic amines) is 1. The van der Waals surface area contributed by atoms with Crippen molar-refractivity contribution in [2.45, 2.75) is 71.8 Å². The molecule has 0 N–H and O–H groups in total. The Hall–Kier alpha value is -1.34. The van der Waals surface area contributed by atoms with Gasteiger partial charge in [-0.3, -0.25) is 4.90 Å². The molecular formula is C17H31NO6. The summed E-state index contributed by atoms with van der Waals surface area (Å²) in [6, 6.07) is -0.686. The van der Waals surface area contributed by atoms with Crippen LogP contribution < -0.4 is 0 Å². The Kier molecular flexibility index (Phi) is 7.48. The van der Waals surface area contributed by atoms with Crippen LogP contribution in [0.5, 0.6) is 0 Å². The standard InChI is InChI=1S/C17H31NO6/c1-7-21-14(19)13-10-11-17(22-8-2,23-9-3)12-18(13)15(20)24-16(4,5)6/h13H,7-12H2,1-6H3. The van der Waals surface area contributed by atoms with Crippen LogP contribution in [0.3, 0.4) is 0 Å². The lowest BCUT2D eigenvalue weighted by Gasteiger charge is -2.45. The van der Waals surface area contributed by atoms with Gasteiger partial charge in [0.2, 0.25) is 0 Å². The van der Waals surface area contributed by atoms with Gasteiger partial charge in [0.05, 0.1) is 13.2 Å². The molecule has 0 aliphatic carbocycles. The molecular weight excluding hydrogens is 314 g/mol. The fraction of sp³-hybridized carbons (Fsp3) is 0.882. The number of nitrogens with zero attached hydrogens (tertiary/aromatic N) is 1. The minimum atomic E-state index is -0.913. The summed E-state index contributed by atoms with van der Waals surface area (Å²) in [5, 5.41) is 0. The maximum Gasteiger partial charge on any atom is 0.411 e. The van der Waals surface area contributed by atoms with E-state index in [1.165, 1.54) is 4.90 Å². The van der Waals surface area contributed by atoms with Crippen molar-refractivity contribution < 1.29 is 28.5 Å². The molecule has 7 heteroatoms. The summed E-state index contributed by atoms with van der Waals surface area (Å²) in [6.07, 6.45) is 0.347. The lowest BCUT2D eigenvalue weighted by atomic mass is 9.97. The average Bonchev–Trinajstić information content (AvgIpc) is 2.46. The van der Waals surface area contributed by atoms with Gasteiger partial charge in [-0.25, -0.2) is 9.59 Å². The van der Waals surface area contributed by atoms with Gasteiger partial charge in [-0.05, 0) is 48.0 Å². The molecule has 1 aliphatic heterocycles. The van der Waals surface area contributed by atoms with E-state index in [0.29, 0.717) is 26.1 Å². The molecule has 0 aromatic heterocycles. The first kappa shape index (κ1) is 20.7. The predicted molar refractivity (Wildman–Crippen MR) is 88.6 cm³/mol. The first-order valence-electron chi connectivity index (χ1n) is 8.62. The molecule has 1 fully saturated rings. The molecule has 0 saturated carbocycles. The van der Waals surface area contributed by atoms with Crippen LogP contribution in [0.1, 0.15) is 54.4 Å². The molecule has 1 heterocycles.